The van der Waals surface area contributed by atoms with E-state index in [2.05, 4.69) is 6.07 Å². The molecule has 6 nitrogen and oxygen atoms in total. The highest BCUT2D eigenvalue weighted by atomic mass is 35.5. The minimum atomic E-state index is 0.523. The minimum absolute atomic E-state index is 0.523. The van der Waals surface area contributed by atoms with Crippen LogP contribution in [0.1, 0.15) is 11.1 Å². The molecular weight excluding hydrogens is 470 g/mol. The van der Waals surface area contributed by atoms with Gasteiger partial charge in [-0.2, -0.15) is 5.26 Å². The first kappa shape index (κ1) is 23.6. The van der Waals surface area contributed by atoms with Crippen molar-refractivity contribution in [2.24, 2.45) is 0 Å². The van der Waals surface area contributed by atoms with Crippen molar-refractivity contribution < 1.29 is 14.2 Å². The Labute approximate surface area is 207 Å². The zero-order chi connectivity index (χ0) is 24.1. The maximum atomic E-state index is 9.21. The fourth-order valence-corrected chi connectivity index (χ4v) is 4.56. The molecule has 1 heterocycles. The minimum Gasteiger partial charge on any atom is -0.493 e. The molecule has 0 atom stereocenters. The smallest absolute Gasteiger partial charge is 0.203 e. The maximum Gasteiger partial charge on any atom is 0.203 e. The Hall–Kier alpha value is -3.60. The Morgan fingerprint density at radius 1 is 0.971 bits per heavy atom. The van der Waals surface area contributed by atoms with Crippen molar-refractivity contribution in [1.82, 2.24) is 9.55 Å². The third-order valence-electron chi connectivity index (χ3n) is 5.17. The number of nitrogens with zero attached hydrogens (tertiary/aromatic N) is 3. The van der Waals surface area contributed by atoms with Crippen molar-refractivity contribution in [2.75, 3.05) is 21.3 Å². The van der Waals surface area contributed by atoms with Crippen molar-refractivity contribution in [1.29, 1.82) is 5.26 Å². The average molecular weight is 492 g/mol. The SMILES string of the molecule is COc1cc(-n2cc(-c3ccc(Cl)cc3)nc2SCc2cccc(C#N)c2)cc(OC)c1OC. The van der Waals surface area contributed by atoms with Gasteiger partial charge in [-0.1, -0.05) is 47.6 Å². The molecule has 0 aliphatic heterocycles. The van der Waals surface area contributed by atoms with Crippen LogP contribution in [0.5, 0.6) is 17.2 Å². The monoisotopic (exact) mass is 491 g/mol. The van der Waals surface area contributed by atoms with E-state index in [1.165, 1.54) is 0 Å². The van der Waals surface area contributed by atoms with Crippen LogP contribution in [-0.2, 0) is 5.75 Å². The second-order valence-corrected chi connectivity index (χ2v) is 8.65. The van der Waals surface area contributed by atoms with Crippen molar-refractivity contribution in [3.05, 3.63) is 83.0 Å². The summed E-state index contributed by atoms with van der Waals surface area (Å²) in [6.07, 6.45) is 1.97. The van der Waals surface area contributed by atoms with Crippen LogP contribution < -0.4 is 14.2 Å². The van der Waals surface area contributed by atoms with Crippen LogP contribution >= 0.6 is 23.4 Å². The molecule has 172 valence electrons. The molecule has 8 heteroatoms. The summed E-state index contributed by atoms with van der Waals surface area (Å²) < 4.78 is 18.6. The van der Waals surface area contributed by atoms with Gasteiger partial charge in [-0.05, 0) is 29.8 Å². The zero-order valence-corrected chi connectivity index (χ0v) is 20.5. The largest absolute Gasteiger partial charge is 0.493 e. The Balaban J connectivity index is 1.78. The van der Waals surface area contributed by atoms with Crippen LogP contribution in [0.25, 0.3) is 16.9 Å². The number of rotatable bonds is 8. The van der Waals surface area contributed by atoms with Crippen LogP contribution in [-0.4, -0.2) is 30.9 Å². The first-order valence-corrected chi connectivity index (χ1v) is 11.7. The van der Waals surface area contributed by atoms with Gasteiger partial charge >= 0.3 is 0 Å². The van der Waals surface area contributed by atoms with Crippen molar-refractivity contribution in [2.45, 2.75) is 10.9 Å². The highest BCUT2D eigenvalue weighted by molar-refractivity contribution is 7.98. The molecule has 0 radical (unpaired) electrons. The van der Waals surface area contributed by atoms with E-state index in [0.717, 1.165) is 27.7 Å². The Kier molecular flexibility index (Phi) is 7.31. The van der Waals surface area contributed by atoms with Gasteiger partial charge in [0.05, 0.1) is 44.3 Å². The lowest BCUT2D eigenvalue weighted by molar-refractivity contribution is 0.324. The number of methoxy groups -OCH3 is 3. The number of halogens is 1. The summed E-state index contributed by atoms with van der Waals surface area (Å²) in [6.45, 7) is 0. The molecule has 0 unspecified atom stereocenters. The third-order valence-corrected chi connectivity index (χ3v) is 6.44. The topological polar surface area (TPSA) is 69.3 Å². The Morgan fingerprint density at radius 2 is 1.68 bits per heavy atom. The van der Waals surface area contributed by atoms with E-state index in [0.29, 0.717) is 33.6 Å². The number of aromatic nitrogens is 2. The van der Waals surface area contributed by atoms with Crippen molar-refractivity contribution >= 4 is 23.4 Å². The van der Waals surface area contributed by atoms with E-state index in [-0.39, 0.29) is 0 Å². The lowest BCUT2D eigenvalue weighted by atomic mass is 10.2. The predicted octanol–water partition coefficient (Wildman–Crippen LogP) is 6.38. The summed E-state index contributed by atoms with van der Waals surface area (Å²) in [5.41, 5.74) is 4.24. The molecule has 4 rings (SSSR count). The summed E-state index contributed by atoms with van der Waals surface area (Å²) in [5.74, 6) is 2.28. The van der Waals surface area contributed by atoms with E-state index in [9.17, 15) is 5.26 Å². The summed E-state index contributed by atoms with van der Waals surface area (Å²) in [5, 5.41) is 10.7. The van der Waals surface area contributed by atoms with Gasteiger partial charge in [-0.3, -0.25) is 4.57 Å². The molecule has 0 N–H and O–H groups in total. The van der Waals surface area contributed by atoms with Gasteiger partial charge in [0.2, 0.25) is 5.75 Å². The lowest BCUT2D eigenvalue weighted by Crippen LogP contribution is -2.00. The first-order chi connectivity index (χ1) is 16.6. The lowest BCUT2D eigenvalue weighted by Gasteiger charge is -2.15. The van der Waals surface area contributed by atoms with Crippen LogP contribution in [0.3, 0.4) is 0 Å². The summed E-state index contributed by atoms with van der Waals surface area (Å²) in [6, 6.07) is 21.1. The predicted molar refractivity (Wildman–Crippen MR) is 134 cm³/mol. The maximum absolute atomic E-state index is 9.21. The normalized spacial score (nSPS) is 10.6. The van der Waals surface area contributed by atoms with Crippen LogP contribution in [0.2, 0.25) is 5.02 Å². The van der Waals surface area contributed by atoms with Gasteiger partial charge in [0, 0.05) is 34.7 Å². The highest BCUT2D eigenvalue weighted by Crippen LogP contribution is 2.40. The van der Waals surface area contributed by atoms with Gasteiger partial charge in [-0.15, -0.1) is 0 Å². The third kappa shape index (κ3) is 4.98. The second kappa shape index (κ2) is 10.6. The fourth-order valence-electron chi connectivity index (χ4n) is 3.49. The number of ether oxygens (including phenoxy) is 3. The van der Waals surface area contributed by atoms with Crippen molar-refractivity contribution in [3.63, 3.8) is 0 Å². The summed E-state index contributed by atoms with van der Waals surface area (Å²) in [7, 11) is 4.75. The van der Waals surface area contributed by atoms with Gasteiger partial charge in [-0.25, -0.2) is 4.98 Å². The molecule has 0 saturated heterocycles. The first-order valence-electron chi connectivity index (χ1n) is 10.3. The molecule has 0 bridgehead atoms. The van der Waals surface area contributed by atoms with Crippen molar-refractivity contribution in [3.8, 4) is 40.3 Å². The number of hydrogen-bond acceptors (Lipinski definition) is 6. The number of nitriles is 1. The molecular formula is C26H22ClN3O3S. The van der Waals surface area contributed by atoms with E-state index < -0.39 is 0 Å². The molecule has 34 heavy (non-hydrogen) atoms. The molecule has 0 amide bonds. The number of benzene rings is 3. The zero-order valence-electron chi connectivity index (χ0n) is 18.9. The molecule has 0 fully saturated rings. The molecule has 1 aromatic heterocycles. The van der Waals surface area contributed by atoms with E-state index in [4.69, 9.17) is 30.8 Å². The molecule has 0 spiro atoms. The van der Waals surface area contributed by atoms with E-state index >= 15 is 0 Å². The second-order valence-electron chi connectivity index (χ2n) is 7.27. The molecule has 0 aliphatic carbocycles. The summed E-state index contributed by atoms with van der Waals surface area (Å²) in [4.78, 5) is 4.90. The Bertz CT molecular complexity index is 1320. The van der Waals surface area contributed by atoms with Gasteiger partial charge in [0.15, 0.2) is 16.7 Å². The molecule has 0 aliphatic rings. The van der Waals surface area contributed by atoms with Crippen LogP contribution in [0.4, 0.5) is 0 Å². The number of thioether (sulfide) groups is 1. The molecule has 3 aromatic carbocycles. The summed E-state index contributed by atoms with van der Waals surface area (Å²) >= 11 is 7.65. The quantitative estimate of drug-likeness (QED) is 0.266. The molecule has 4 aromatic rings. The Morgan fingerprint density at radius 3 is 2.29 bits per heavy atom. The van der Waals surface area contributed by atoms with Crippen LogP contribution in [0.15, 0.2) is 72.0 Å². The fraction of sp³-hybridized carbons (Fsp3) is 0.154. The highest BCUT2D eigenvalue weighted by Gasteiger charge is 2.18. The number of hydrogen-bond donors (Lipinski definition) is 0. The van der Waals surface area contributed by atoms with E-state index in [1.807, 2.05) is 65.4 Å². The van der Waals surface area contributed by atoms with E-state index in [1.54, 1.807) is 39.2 Å². The van der Waals surface area contributed by atoms with Gasteiger partial charge < -0.3 is 14.2 Å². The van der Waals surface area contributed by atoms with Gasteiger partial charge in [0.1, 0.15) is 0 Å². The molecule has 0 saturated carbocycles. The van der Waals surface area contributed by atoms with Crippen LogP contribution in [0, 0.1) is 11.3 Å². The standard InChI is InChI=1S/C26H22ClN3O3S/c1-31-23-12-21(13-24(32-2)25(23)33-3)30-15-22(19-7-9-20(27)10-8-19)29-26(30)34-16-18-6-4-5-17(11-18)14-28/h4-13,15H,16H2,1-3H3. The average Bonchev–Trinajstić information content (AvgIpc) is 3.31. The number of imidazole rings is 1. The van der Waals surface area contributed by atoms with Gasteiger partial charge in [0.25, 0.3) is 0 Å².